The summed E-state index contributed by atoms with van der Waals surface area (Å²) in [6.07, 6.45) is 1.22. The van der Waals surface area contributed by atoms with Gasteiger partial charge in [0.2, 0.25) is 0 Å². The van der Waals surface area contributed by atoms with Gasteiger partial charge in [-0.3, -0.25) is 0 Å². The highest BCUT2D eigenvalue weighted by Crippen LogP contribution is 2.23. The number of aryl methyl sites for hydroxylation is 1. The molecule has 1 aromatic rings. The Kier molecular flexibility index (Phi) is 3.89. The lowest BCUT2D eigenvalue weighted by Crippen LogP contribution is -2.27. The van der Waals surface area contributed by atoms with Crippen molar-refractivity contribution in [1.29, 1.82) is 0 Å². The molecule has 0 aromatic carbocycles. The standard InChI is InChI=1S/C11H15NO2S2/c1-7-8(4-10(16-7)11(13)14)5-12-9-2-3-15-6-9/h4,9,12H,2-3,5-6H2,1H3,(H,13,14). The molecule has 1 unspecified atom stereocenters. The molecule has 0 radical (unpaired) electrons. The third-order valence-electron chi connectivity index (χ3n) is 2.74. The minimum absolute atomic E-state index is 0.440. The van der Waals surface area contributed by atoms with Crippen LogP contribution in [-0.2, 0) is 6.54 Å². The first-order valence-electron chi connectivity index (χ1n) is 5.30. The van der Waals surface area contributed by atoms with Gasteiger partial charge in [-0.05, 0) is 30.7 Å². The van der Waals surface area contributed by atoms with Crippen LogP contribution in [0, 0.1) is 6.92 Å². The van der Waals surface area contributed by atoms with Gasteiger partial charge in [0.05, 0.1) is 0 Å². The predicted octanol–water partition coefficient (Wildman–Crippen LogP) is 2.35. The quantitative estimate of drug-likeness (QED) is 0.869. The van der Waals surface area contributed by atoms with Crippen LogP contribution in [0.4, 0.5) is 0 Å². The van der Waals surface area contributed by atoms with Crippen LogP contribution in [0.2, 0.25) is 0 Å². The molecule has 1 aliphatic rings. The predicted molar refractivity (Wildman–Crippen MR) is 68.6 cm³/mol. The number of thiophene rings is 1. The van der Waals surface area contributed by atoms with E-state index in [1.54, 1.807) is 6.07 Å². The van der Waals surface area contributed by atoms with Crippen LogP contribution in [-0.4, -0.2) is 28.6 Å². The lowest BCUT2D eigenvalue weighted by Gasteiger charge is -2.10. The fourth-order valence-electron chi connectivity index (χ4n) is 1.75. The van der Waals surface area contributed by atoms with Crippen LogP contribution < -0.4 is 5.32 Å². The zero-order valence-corrected chi connectivity index (χ0v) is 10.8. The van der Waals surface area contributed by atoms with Gasteiger partial charge in [0.25, 0.3) is 0 Å². The number of aromatic carboxylic acids is 1. The van der Waals surface area contributed by atoms with Gasteiger partial charge in [-0.25, -0.2) is 4.79 Å². The molecule has 1 fully saturated rings. The molecule has 0 bridgehead atoms. The Labute approximate surface area is 103 Å². The lowest BCUT2D eigenvalue weighted by molar-refractivity contribution is 0.0702. The summed E-state index contributed by atoms with van der Waals surface area (Å²) < 4.78 is 0. The van der Waals surface area contributed by atoms with E-state index in [0.717, 1.165) is 17.0 Å². The van der Waals surface area contributed by atoms with E-state index in [1.807, 2.05) is 18.7 Å². The highest BCUT2D eigenvalue weighted by atomic mass is 32.2. The summed E-state index contributed by atoms with van der Waals surface area (Å²) in [5.74, 6) is 1.59. The summed E-state index contributed by atoms with van der Waals surface area (Å²) in [6, 6.07) is 2.38. The molecule has 2 heterocycles. The first-order valence-corrected chi connectivity index (χ1v) is 7.27. The summed E-state index contributed by atoms with van der Waals surface area (Å²) in [5.41, 5.74) is 1.12. The molecule has 0 amide bonds. The molecule has 1 aliphatic heterocycles. The van der Waals surface area contributed by atoms with Crippen molar-refractivity contribution in [1.82, 2.24) is 5.32 Å². The van der Waals surface area contributed by atoms with E-state index in [-0.39, 0.29) is 0 Å². The molecule has 5 heteroatoms. The first-order chi connectivity index (χ1) is 7.66. The third-order valence-corrected chi connectivity index (χ3v) is 4.99. The zero-order chi connectivity index (χ0) is 11.5. The number of carbonyl (C=O) groups is 1. The number of rotatable bonds is 4. The highest BCUT2D eigenvalue weighted by Gasteiger charge is 2.16. The lowest BCUT2D eigenvalue weighted by atomic mass is 10.2. The normalized spacial score (nSPS) is 20.2. The number of carboxylic acids is 1. The van der Waals surface area contributed by atoms with Crippen LogP contribution in [0.1, 0.15) is 26.5 Å². The van der Waals surface area contributed by atoms with Gasteiger partial charge in [0.15, 0.2) is 0 Å². The zero-order valence-electron chi connectivity index (χ0n) is 9.16. The fraction of sp³-hybridized carbons (Fsp3) is 0.545. The van der Waals surface area contributed by atoms with E-state index in [1.165, 1.54) is 29.3 Å². The average Bonchev–Trinajstić information content (AvgIpc) is 2.84. The van der Waals surface area contributed by atoms with E-state index in [9.17, 15) is 4.79 Å². The van der Waals surface area contributed by atoms with Gasteiger partial charge in [0.1, 0.15) is 4.88 Å². The van der Waals surface area contributed by atoms with Crippen LogP contribution in [0.15, 0.2) is 6.07 Å². The topological polar surface area (TPSA) is 49.3 Å². The third kappa shape index (κ3) is 2.78. The Morgan fingerprint density at radius 1 is 1.69 bits per heavy atom. The molecule has 1 aromatic heterocycles. The molecular formula is C11H15NO2S2. The summed E-state index contributed by atoms with van der Waals surface area (Å²) in [4.78, 5) is 12.4. The molecule has 2 N–H and O–H groups in total. The monoisotopic (exact) mass is 257 g/mol. The minimum Gasteiger partial charge on any atom is -0.477 e. The van der Waals surface area contributed by atoms with Crippen LogP contribution in [0.5, 0.6) is 0 Å². The summed E-state index contributed by atoms with van der Waals surface area (Å²) >= 11 is 3.34. The number of nitrogens with one attached hydrogen (secondary N) is 1. The average molecular weight is 257 g/mol. The van der Waals surface area contributed by atoms with E-state index in [0.29, 0.717) is 10.9 Å². The number of hydrogen-bond donors (Lipinski definition) is 2. The van der Waals surface area contributed by atoms with E-state index in [4.69, 9.17) is 5.11 Å². The van der Waals surface area contributed by atoms with Gasteiger partial charge in [-0.1, -0.05) is 0 Å². The summed E-state index contributed by atoms with van der Waals surface area (Å²) in [6.45, 7) is 2.78. The van der Waals surface area contributed by atoms with Crippen molar-refractivity contribution in [2.24, 2.45) is 0 Å². The van der Waals surface area contributed by atoms with E-state index < -0.39 is 5.97 Å². The van der Waals surface area contributed by atoms with Gasteiger partial charge in [-0.15, -0.1) is 11.3 Å². The van der Waals surface area contributed by atoms with Crippen molar-refractivity contribution in [3.63, 3.8) is 0 Å². The molecule has 2 rings (SSSR count). The molecular weight excluding hydrogens is 242 g/mol. The summed E-state index contributed by atoms with van der Waals surface area (Å²) in [5, 5.41) is 12.4. The molecule has 1 saturated heterocycles. The van der Waals surface area contributed by atoms with Gasteiger partial charge in [-0.2, -0.15) is 11.8 Å². The van der Waals surface area contributed by atoms with Crippen molar-refractivity contribution in [3.05, 3.63) is 21.4 Å². The number of thioether (sulfide) groups is 1. The Bertz CT molecular complexity index is 383. The molecule has 0 aliphatic carbocycles. The number of hydrogen-bond acceptors (Lipinski definition) is 4. The first kappa shape index (κ1) is 12.0. The fourth-order valence-corrected chi connectivity index (χ4v) is 3.82. The van der Waals surface area contributed by atoms with Gasteiger partial charge in [0, 0.05) is 23.2 Å². The molecule has 88 valence electrons. The highest BCUT2D eigenvalue weighted by molar-refractivity contribution is 7.99. The van der Waals surface area contributed by atoms with Crippen LogP contribution in [0.25, 0.3) is 0 Å². The van der Waals surface area contributed by atoms with Crippen LogP contribution >= 0.6 is 23.1 Å². The Hall–Kier alpha value is -0.520. The second-order valence-electron chi connectivity index (χ2n) is 3.94. The summed E-state index contributed by atoms with van der Waals surface area (Å²) in [7, 11) is 0. The molecule has 0 spiro atoms. The van der Waals surface area contributed by atoms with Crippen molar-refractivity contribution >= 4 is 29.1 Å². The second-order valence-corrected chi connectivity index (χ2v) is 6.34. The van der Waals surface area contributed by atoms with Crippen molar-refractivity contribution in [2.45, 2.75) is 25.9 Å². The van der Waals surface area contributed by atoms with Gasteiger partial charge >= 0.3 is 5.97 Å². The number of carboxylic acid groups (broad SMARTS) is 1. The van der Waals surface area contributed by atoms with Crippen molar-refractivity contribution in [3.8, 4) is 0 Å². The molecule has 16 heavy (non-hydrogen) atoms. The largest absolute Gasteiger partial charge is 0.477 e. The minimum atomic E-state index is -0.823. The maximum Gasteiger partial charge on any atom is 0.345 e. The van der Waals surface area contributed by atoms with Crippen molar-refractivity contribution < 1.29 is 9.90 Å². The maximum atomic E-state index is 10.8. The van der Waals surface area contributed by atoms with Crippen molar-refractivity contribution in [2.75, 3.05) is 11.5 Å². The molecule has 3 nitrogen and oxygen atoms in total. The Morgan fingerprint density at radius 2 is 2.50 bits per heavy atom. The Morgan fingerprint density at radius 3 is 3.06 bits per heavy atom. The van der Waals surface area contributed by atoms with E-state index >= 15 is 0 Å². The van der Waals surface area contributed by atoms with E-state index in [2.05, 4.69) is 5.32 Å². The SMILES string of the molecule is Cc1sc(C(=O)O)cc1CNC1CCSC1. The smallest absolute Gasteiger partial charge is 0.345 e. The van der Waals surface area contributed by atoms with Crippen LogP contribution in [0.3, 0.4) is 0 Å². The Balaban J connectivity index is 1.95. The second kappa shape index (κ2) is 5.21. The van der Waals surface area contributed by atoms with Gasteiger partial charge < -0.3 is 10.4 Å². The molecule has 0 saturated carbocycles. The molecule has 1 atom stereocenters. The maximum absolute atomic E-state index is 10.8.